The Bertz CT molecular complexity index is 205. The van der Waals surface area contributed by atoms with E-state index in [-0.39, 0.29) is 0 Å². The Morgan fingerprint density at radius 3 is 2.78 bits per heavy atom. The van der Waals surface area contributed by atoms with Gasteiger partial charge in [-0.2, -0.15) is 0 Å². The number of rotatable bonds is 8. The molecule has 1 rings (SSSR count). The van der Waals surface area contributed by atoms with E-state index in [1.165, 1.54) is 51.5 Å². The van der Waals surface area contributed by atoms with Crippen molar-refractivity contribution in [3.8, 4) is 0 Å². The summed E-state index contributed by atoms with van der Waals surface area (Å²) in [5.74, 6) is 0.941. The second kappa shape index (κ2) is 8.92. The standard InChI is InChI=1S/C16H34N2/c1-5-11-17-15(3)9-7-12-18(4)16-10-6-8-14(2)13-16/h14-17H,5-13H2,1-4H3. The van der Waals surface area contributed by atoms with Gasteiger partial charge in [-0.05, 0) is 65.1 Å². The van der Waals surface area contributed by atoms with Gasteiger partial charge in [0.2, 0.25) is 0 Å². The lowest BCUT2D eigenvalue weighted by molar-refractivity contribution is 0.160. The van der Waals surface area contributed by atoms with Crippen LogP contribution in [0.2, 0.25) is 0 Å². The van der Waals surface area contributed by atoms with Crippen LogP contribution in [0.5, 0.6) is 0 Å². The van der Waals surface area contributed by atoms with Crippen molar-refractivity contribution in [1.82, 2.24) is 10.2 Å². The fourth-order valence-electron chi connectivity index (χ4n) is 3.12. The van der Waals surface area contributed by atoms with Crippen LogP contribution >= 0.6 is 0 Å². The first-order chi connectivity index (χ1) is 8.63. The van der Waals surface area contributed by atoms with E-state index in [0.29, 0.717) is 6.04 Å². The molecular formula is C16H34N2. The van der Waals surface area contributed by atoms with Gasteiger partial charge < -0.3 is 10.2 Å². The van der Waals surface area contributed by atoms with E-state index in [9.17, 15) is 0 Å². The third kappa shape index (κ3) is 6.19. The van der Waals surface area contributed by atoms with Crippen LogP contribution in [0.4, 0.5) is 0 Å². The number of nitrogens with zero attached hydrogens (tertiary/aromatic N) is 1. The lowest BCUT2D eigenvalue weighted by Gasteiger charge is -2.34. The molecule has 0 bridgehead atoms. The van der Waals surface area contributed by atoms with E-state index < -0.39 is 0 Å². The summed E-state index contributed by atoms with van der Waals surface area (Å²) in [7, 11) is 2.33. The Morgan fingerprint density at radius 1 is 1.33 bits per heavy atom. The molecule has 1 aliphatic rings. The number of hydrogen-bond donors (Lipinski definition) is 1. The summed E-state index contributed by atoms with van der Waals surface area (Å²) in [6, 6.07) is 1.54. The molecule has 2 heteroatoms. The topological polar surface area (TPSA) is 15.3 Å². The molecule has 0 aromatic carbocycles. The van der Waals surface area contributed by atoms with Crippen molar-refractivity contribution in [3.63, 3.8) is 0 Å². The third-order valence-corrected chi connectivity index (χ3v) is 4.42. The van der Waals surface area contributed by atoms with Crippen molar-refractivity contribution < 1.29 is 0 Å². The Morgan fingerprint density at radius 2 is 2.11 bits per heavy atom. The average Bonchev–Trinajstić information content (AvgIpc) is 2.36. The molecule has 0 aromatic heterocycles. The van der Waals surface area contributed by atoms with Crippen LogP contribution in [-0.4, -0.2) is 37.1 Å². The maximum absolute atomic E-state index is 3.57. The predicted molar refractivity (Wildman–Crippen MR) is 81.0 cm³/mol. The van der Waals surface area contributed by atoms with Gasteiger partial charge in [0.1, 0.15) is 0 Å². The van der Waals surface area contributed by atoms with E-state index >= 15 is 0 Å². The van der Waals surface area contributed by atoms with Crippen LogP contribution in [0.15, 0.2) is 0 Å². The molecule has 1 saturated carbocycles. The fraction of sp³-hybridized carbons (Fsp3) is 1.00. The smallest absolute Gasteiger partial charge is 0.00947 e. The first kappa shape index (κ1) is 16.0. The molecule has 0 amide bonds. The van der Waals surface area contributed by atoms with Crippen molar-refractivity contribution in [3.05, 3.63) is 0 Å². The molecule has 3 unspecified atom stereocenters. The fourth-order valence-corrected chi connectivity index (χ4v) is 3.12. The Kier molecular flexibility index (Phi) is 7.92. The maximum Gasteiger partial charge on any atom is 0.00947 e. The largest absolute Gasteiger partial charge is 0.314 e. The SMILES string of the molecule is CCCNC(C)CCCN(C)C1CCCC(C)C1. The van der Waals surface area contributed by atoms with E-state index in [1.807, 2.05) is 0 Å². The minimum atomic E-state index is 0.684. The number of nitrogens with one attached hydrogen (secondary N) is 1. The summed E-state index contributed by atoms with van der Waals surface area (Å²) in [4.78, 5) is 2.61. The highest BCUT2D eigenvalue weighted by molar-refractivity contribution is 4.77. The Labute approximate surface area is 115 Å². The van der Waals surface area contributed by atoms with Crippen LogP contribution < -0.4 is 5.32 Å². The van der Waals surface area contributed by atoms with E-state index in [0.717, 1.165) is 18.5 Å². The second-order valence-electron chi connectivity index (χ2n) is 6.40. The highest BCUT2D eigenvalue weighted by Gasteiger charge is 2.21. The average molecular weight is 254 g/mol. The van der Waals surface area contributed by atoms with Crippen molar-refractivity contribution in [2.24, 2.45) is 5.92 Å². The molecule has 1 aliphatic carbocycles. The molecule has 0 radical (unpaired) electrons. The molecular weight excluding hydrogens is 220 g/mol. The van der Waals surface area contributed by atoms with Gasteiger partial charge in [0.25, 0.3) is 0 Å². The monoisotopic (exact) mass is 254 g/mol. The molecule has 0 spiro atoms. The van der Waals surface area contributed by atoms with Crippen LogP contribution in [0.3, 0.4) is 0 Å². The molecule has 108 valence electrons. The highest BCUT2D eigenvalue weighted by Crippen LogP contribution is 2.26. The first-order valence-electron chi connectivity index (χ1n) is 8.07. The summed E-state index contributed by atoms with van der Waals surface area (Å²) in [6.07, 6.45) is 9.60. The zero-order valence-corrected chi connectivity index (χ0v) is 13.0. The van der Waals surface area contributed by atoms with Crippen molar-refractivity contribution in [2.45, 2.75) is 77.8 Å². The molecule has 0 heterocycles. The predicted octanol–water partition coefficient (Wildman–Crippen LogP) is 3.67. The lowest BCUT2D eigenvalue weighted by atomic mass is 9.86. The minimum absolute atomic E-state index is 0.684. The zero-order chi connectivity index (χ0) is 13.4. The van der Waals surface area contributed by atoms with Gasteiger partial charge in [-0.1, -0.05) is 26.7 Å². The van der Waals surface area contributed by atoms with Crippen LogP contribution in [0, 0.1) is 5.92 Å². The van der Waals surface area contributed by atoms with E-state index in [1.54, 1.807) is 0 Å². The normalized spacial score (nSPS) is 26.5. The van der Waals surface area contributed by atoms with Gasteiger partial charge in [-0.3, -0.25) is 0 Å². The molecule has 2 nitrogen and oxygen atoms in total. The lowest BCUT2D eigenvalue weighted by Crippen LogP contribution is -2.36. The van der Waals surface area contributed by atoms with Crippen molar-refractivity contribution in [1.29, 1.82) is 0 Å². The van der Waals surface area contributed by atoms with Gasteiger partial charge in [-0.15, -0.1) is 0 Å². The van der Waals surface area contributed by atoms with Crippen molar-refractivity contribution >= 4 is 0 Å². The minimum Gasteiger partial charge on any atom is -0.314 e. The first-order valence-corrected chi connectivity index (χ1v) is 8.07. The summed E-state index contributed by atoms with van der Waals surface area (Å²) in [6.45, 7) is 9.40. The molecule has 18 heavy (non-hydrogen) atoms. The number of hydrogen-bond acceptors (Lipinski definition) is 2. The van der Waals surface area contributed by atoms with Gasteiger partial charge >= 0.3 is 0 Å². The van der Waals surface area contributed by atoms with Gasteiger partial charge in [0.15, 0.2) is 0 Å². The summed E-state index contributed by atoms with van der Waals surface area (Å²) in [5, 5.41) is 3.57. The quantitative estimate of drug-likeness (QED) is 0.711. The van der Waals surface area contributed by atoms with Gasteiger partial charge in [0.05, 0.1) is 0 Å². The van der Waals surface area contributed by atoms with E-state index in [2.05, 4.69) is 38.0 Å². The summed E-state index contributed by atoms with van der Waals surface area (Å²) in [5.41, 5.74) is 0. The Hall–Kier alpha value is -0.0800. The highest BCUT2D eigenvalue weighted by atomic mass is 15.1. The van der Waals surface area contributed by atoms with Crippen LogP contribution in [0.25, 0.3) is 0 Å². The molecule has 0 saturated heterocycles. The maximum atomic E-state index is 3.57. The second-order valence-corrected chi connectivity index (χ2v) is 6.40. The van der Waals surface area contributed by atoms with E-state index in [4.69, 9.17) is 0 Å². The van der Waals surface area contributed by atoms with Gasteiger partial charge in [0, 0.05) is 12.1 Å². The third-order valence-electron chi connectivity index (χ3n) is 4.42. The molecule has 1 fully saturated rings. The summed E-state index contributed by atoms with van der Waals surface area (Å²) < 4.78 is 0. The zero-order valence-electron chi connectivity index (χ0n) is 13.0. The Balaban J connectivity index is 2.10. The molecule has 1 N–H and O–H groups in total. The van der Waals surface area contributed by atoms with Crippen LogP contribution in [-0.2, 0) is 0 Å². The van der Waals surface area contributed by atoms with Crippen LogP contribution in [0.1, 0.15) is 65.7 Å². The van der Waals surface area contributed by atoms with Crippen molar-refractivity contribution in [2.75, 3.05) is 20.1 Å². The molecule has 0 aromatic rings. The molecule has 3 atom stereocenters. The summed E-state index contributed by atoms with van der Waals surface area (Å²) >= 11 is 0. The van der Waals surface area contributed by atoms with Gasteiger partial charge in [-0.25, -0.2) is 0 Å². The molecule has 0 aliphatic heterocycles.